The number of fused-ring (bicyclic) bond motifs is 2. The highest BCUT2D eigenvalue weighted by molar-refractivity contribution is 7.99. The lowest BCUT2D eigenvalue weighted by atomic mass is 9.35. The van der Waals surface area contributed by atoms with Crippen molar-refractivity contribution in [3.05, 3.63) is 164 Å². The molecule has 0 fully saturated rings. The molecular weight excluding hydrogens is 972 g/mol. The monoisotopic (exact) mass is 998 g/mol. The lowest BCUT2D eigenvalue weighted by molar-refractivity contribution is 0.384. The van der Waals surface area contributed by atoms with E-state index in [0.29, 0.717) is 11.8 Å². The third kappa shape index (κ3) is 7.38. The van der Waals surface area contributed by atoms with Crippen LogP contribution in [-0.4, -0.2) is 13.4 Å². The maximum atomic E-state index is 16.4. The molecule has 7 aromatic rings. The molecule has 0 unspecified atom stereocenters. The Kier molecular flexibility index (Phi) is 12.1. The molecule has 0 N–H and O–H groups in total. The molecule has 0 saturated carbocycles. The first-order valence-corrected chi connectivity index (χ1v) is 21.0. The minimum atomic E-state index is -2.84. The van der Waals surface area contributed by atoms with Gasteiger partial charge in [0.05, 0.1) is 0 Å². The van der Waals surface area contributed by atoms with E-state index in [1.54, 1.807) is 0 Å². The Labute approximate surface area is 384 Å². The summed E-state index contributed by atoms with van der Waals surface area (Å²) in [4.78, 5) is -0.0409. The van der Waals surface area contributed by atoms with Gasteiger partial charge in [-0.05, 0) is 33.4 Å². The van der Waals surface area contributed by atoms with Gasteiger partial charge in [0.1, 0.15) is 0 Å². The summed E-state index contributed by atoms with van der Waals surface area (Å²) in [6.45, 7) is 1.32. The molecule has 0 aliphatic carbocycles. The summed E-state index contributed by atoms with van der Waals surface area (Å²) in [6.07, 6.45) is 0. The van der Waals surface area contributed by atoms with Crippen molar-refractivity contribution in [2.45, 2.75) is 62.2 Å². The summed E-state index contributed by atoms with van der Waals surface area (Å²) >= 11 is 0.658. The molecule has 69 heavy (non-hydrogen) atoms. The van der Waals surface area contributed by atoms with Crippen molar-refractivity contribution in [3.63, 3.8) is 0 Å². The van der Waals surface area contributed by atoms with Gasteiger partial charge in [0.25, 0.3) is 13.4 Å². The van der Waals surface area contributed by atoms with Gasteiger partial charge >= 0.3 is 0 Å². The predicted molar refractivity (Wildman–Crippen MR) is 225 cm³/mol. The van der Waals surface area contributed by atoms with Crippen LogP contribution in [0.15, 0.2) is 58.3 Å². The van der Waals surface area contributed by atoms with Crippen molar-refractivity contribution < 1.29 is 79.0 Å². The Hall–Kier alpha value is -5.98. The van der Waals surface area contributed by atoms with E-state index in [1.807, 2.05) is 0 Å². The van der Waals surface area contributed by atoms with Crippen molar-refractivity contribution in [3.8, 4) is 11.1 Å². The van der Waals surface area contributed by atoms with E-state index >= 15 is 52.7 Å². The molecule has 8 rings (SSSR count). The highest BCUT2D eigenvalue weighted by Crippen LogP contribution is 2.47. The van der Waals surface area contributed by atoms with Gasteiger partial charge in [-0.1, -0.05) is 107 Å². The first kappa shape index (κ1) is 49.4. The van der Waals surface area contributed by atoms with E-state index in [1.165, 1.54) is 32.9 Å². The normalized spacial score (nSPS) is 12.6. The Morgan fingerprint density at radius 1 is 0.348 bits per heavy atom. The van der Waals surface area contributed by atoms with Crippen LogP contribution in [0.4, 0.5) is 79.0 Å². The molecule has 0 nitrogen and oxygen atoms in total. The molecule has 1 aliphatic rings. The molecular formula is C48H26B2F18S. The summed E-state index contributed by atoms with van der Waals surface area (Å²) in [5.41, 5.74) is -14.4. The zero-order valence-corrected chi connectivity index (χ0v) is 36.8. The third-order valence-corrected chi connectivity index (χ3v) is 13.1. The molecule has 7 aromatic carbocycles. The van der Waals surface area contributed by atoms with Gasteiger partial charge in [-0.15, -0.1) is 0 Å². The molecule has 0 amide bonds. The van der Waals surface area contributed by atoms with Crippen LogP contribution in [0, 0.1) is 105 Å². The average Bonchev–Trinajstić information content (AvgIpc) is 3.28. The van der Waals surface area contributed by atoms with Gasteiger partial charge in [0.2, 0.25) is 0 Å². The van der Waals surface area contributed by atoms with Crippen molar-refractivity contribution in [1.29, 1.82) is 0 Å². The van der Waals surface area contributed by atoms with Crippen molar-refractivity contribution >= 4 is 68.7 Å². The molecule has 21 heteroatoms. The molecule has 0 spiro atoms. The Morgan fingerprint density at radius 2 is 0.696 bits per heavy atom. The van der Waals surface area contributed by atoms with Crippen LogP contribution in [0.25, 0.3) is 21.9 Å². The van der Waals surface area contributed by atoms with Gasteiger partial charge < -0.3 is 0 Å². The highest BCUT2D eigenvalue weighted by Gasteiger charge is 2.45. The second kappa shape index (κ2) is 16.9. The Balaban J connectivity index is 1.41. The van der Waals surface area contributed by atoms with E-state index in [2.05, 4.69) is 0 Å². The lowest BCUT2D eigenvalue weighted by Crippen LogP contribution is -2.58. The Morgan fingerprint density at radius 3 is 1.09 bits per heavy atom. The lowest BCUT2D eigenvalue weighted by Gasteiger charge is -2.28. The minimum Gasteiger partial charge on any atom is -0.204 e. The summed E-state index contributed by atoms with van der Waals surface area (Å²) < 4.78 is 280. The van der Waals surface area contributed by atoms with E-state index in [-0.39, 0.29) is 31.7 Å². The molecule has 1 heterocycles. The zero-order chi connectivity index (χ0) is 51.0. The molecule has 0 atom stereocenters. The van der Waals surface area contributed by atoms with Crippen molar-refractivity contribution in [2.24, 2.45) is 0 Å². The number of hydrogen-bond donors (Lipinski definition) is 0. The summed E-state index contributed by atoms with van der Waals surface area (Å²) in [7, 11) is 0. The molecule has 0 aromatic heterocycles. The molecule has 0 saturated heterocycles. The van der Waals surface area contributed by atoms with Crippen LogP contribution in [0.1, 0.15) is 52.7 Å². The third-order valence-electron chi connectivity index (χ3n) is 11.9. The first-order chi connectivity index (χ1) is 32.1. The SMILES string of the molecule is CC(C)(C)c1c(F)c(F)c(B(c2ccc3c(c2)Sc2cccc4c(B(c5c(F)c(F)c(F)c(F)c5F)c5c(F)c(F)c(C(C)(C)C)c(F)c5F)ccc-3c24)c2c(F)c(F)c(F)c(F)c2F)c(F)c1F. The van der Waals surface area contributed by atoms with Crippen molar-refractivity contribution in [2.75, 3.05) is 0 Å². The van der Waals surface area contributed by atoms with Gasteiger partial charge in [0, 0.05) is 48.2 Å². The van der Waals surface area contributed by atoms with Crippen LogP contribution in [0.5, 0.6) is 0 Å². The average molecular weight is 998 g/mol. The highest BCUT2D eigenvalue weighted by atomic mass is 32.2. The quantitative estimate of drug-likeness (QED) is 0.0692. The second-order valence-corrected chi connectivity index (χ2v) is 19.2. The summed E-state index contributed by atoms with van der Waals surface area (Å²) in [5, 5.41) is -0.313. The van der Waals surface area contributed by atoms with E-state index < -0.39 is 173 Å². The largest absolute Gasteiger partial charge is 0.257 e. The van der Waals surface area contributed by atoms with E-state index in [0.717, 1.165) is 57.2 Å². The topological polar surface area (TPSA) is 0 Å². The van der Waals surface area contributed by atoms with Crippen LogP contribution < -0.4 is 32.8 Å². The van der Waals surface area contributed by atoms with Crippen LogP contribution in [0.2, 0.25) is 0 Å². The van der Waals surface area contributed by atoms with E-state index in [9.17, 15) is 26.3 Å². The smallest absolute Gasteiger partial charge is 0.204 e. The van der Waals surface area contributed by atoms with Gasteiger partial charge in [-0.3, -0.25) is 0 Å². The minimum absolute atomic E-state index is 0.0216. The maximum absolute atomic E-state index is 16.4. The number of rotatable bonds is 6. The molecule has 0 radical (unpaired) electrons. The van der Waals surface area contributed by atoms with Gasteiger partial charge in [-0.25, -0.2) is 79.0 Å². The fourth-order valence-corrected chi connectivity index (χ4v) is 10.1. The van der Waals surface area contributed by atoms with Gasteiger partial charge in [-0.2, -0.15) is 0 Å². The summed E-state index contributed by atoms with van der Waals surface area (Å²) in [5.74, 6) is -43.3. The van der Waals surface area contributed by atoms with Crippen LogP contribution >= 0.6 is 11.8 Å². The van der Waals surface area contributed by atoms with Crippen LogP contribution in [-0.2, 0) is 10.8 Å². The van der Waals surface area contributed by atoms with Crippen LogP contribution in [0.3, 0.4) is 0 Å². The van der Waals surface area contributed by atoms with E-state index in [4.69, 9.17) is 0 Å². The number of benzene rings is 7. The fourth-order valence-electron chi connectivity index (χ4n) is 8.91. The standard InChI is InChI=1S/C48H26B2F18S/c1-47(2,3)23-29(51)33(55)25(34(56)30(23)52)49(26-37(59)41(63)45(67)42(64)38(26)60)15-10-11-16-17-12-13-19(18-8-7-9-20(22(17)18)69-21(16)14-15)50(28-39(61)43(65)46(68)44(66)40(28)62)27-35(57)31(53)24(48(4,5)6)32(54)36(27)58/h7-14H,1-6H3. The summed E-state index contributed by atoms with van der Waals surface area (Å²) in [6, 6.07) is 8.43. The van der Waals surface area contributed by atoms with Gasteiger partial charge in [0.15, 0.2) is 105 Å². The predicted octanol–water partition coefficient (Wildman–Crippen LogP) is 11.1. The zero-order valence-electron chi connectivity index (χ0n) is 36.0. The molecule has 356 valence electrons. The molecule has 1 aliphatic heterocycles. The number of hydrogen-bond acceptors (Lipinski definition) is 1. The maximum Gasteiger partial charge on any atom is 0.257 e. The Bertz CT molecular complexity index is 3280. The van der Waals surface area contributed by atoms with Crippen molar-refractivity contribution in [1.82, 2.24) is 0 Å². The number of halogens is 18. The molecule has 0 bridgehead atoms. The second-order valence-electron chi connectivity index (χ2n) is 18.2. The first-order valence-electron chi connectivity index (χ1n) is 20.2. The fraction of sp³-hybridized carbons (Fsp3) is 0.167.